The number of anilines is 1. The lowest BCUT2D eigenvalue weighted by Crippen LogP contribution is -2.28. The molecule has 3 rings (SSSR count). The smallest absolute Gasteiger partial charge is 0.281 e. The fourth-order valence-electron chi connectivity index (χ4n) is 2.37. The van der Waals surface area contributed by atoms with Gasteiger partial charge in [-0.2, -0.15) is 5.10 Å². The Morgan fingerprint density at radius 1 is 1.17 bits per heavy atom. The first-order chi connectivity index (χ1) is 11.6. The van der Waals surface area contributed by atoms with E-state index in [2.05, 4.69) is 15.8 Å². The largest absolute Gasteiger partial charge is 0.326 e. The van der Waals surface area contributed by atoms with Crippen LogP contribution in [0.1, 0.15) is 41.4 Å². The molecule has 0 spiro atoms. The van der Waals surface area contributed by atoms with Crippen LogP contribution in [0.25, 0.3) is 0 Å². The second-order valence-corrected chi connectivity index (χ2v) is 6.76. The highest BCUT2D eigenvalue weighted by Gasteiger charge is 2.25. The van der Waals surface area contributed by atoms with Crippen molar-refractivity contribution in [1.82, 2.24) is 5.43 Å². The van der Waals surface area contributed by atoms with E-state index in [4.69, 9.17) is 0 Å². The van der Waals surface area contributed by atoms with Gasteiger partial charge in [0, 0.05) is 11.6 Å². The minimum Gasteiger partial charge on any atom is -0.326 e. The van der Waals surface area contributed by atoms with Crippen molar-refractivity contribution < 1.29 is 9.59 Å². The van der Waals surface area contributed by atoms with Crippen molar-refractivity contribution in [2.75, 3.05) is 5.32 Å². The number of benzene rings is 1. The van der Waals surface area contributed by atoms with Gasteiger partial charge in [0.2, 0.25) is 5.91 Å². The van der Waals surface area contributed by atoms with Crippen LogP contribution >= 0.6 is 11.3 Å². The Labute approximate surface area is 144 Å². The molecule has 1 saturated carbocycles. The van der Waals surface area contributed by atoms with Gasteiger partial charge in [-0.3, -0.25) is 9.59 Å². The number of hydrogen-bond donors (Lipinski definition) is 2. The maximum atomic E-state index is 11.9. The molecule has 0 saturated heterocycles. The van der Waals surface area contributed by atoms with E-state index in [0.29, 0.717) is 10.6 Å². The normalized spacial score (nSPS) is 14.8. The number of carbonyl (C=O) groups is 2. The Balaban J connectivity index is 1.58. The molecule has 0 aliphatic heterocycles. The van der Waals surface area contributed by atoms with Crippen LogP contribution in [0.3, 0.4) is 0 Å². The average molecular weight is 341 g/mol. The van der Waals surface area contributed by atoms with Crippen LogP contribution in [0, 0.1) is 5.92 Å². The molecule has 1 aliphatic carbocycles. The summed E-state index contributed by atoms with van der Waals surface area (Å²) in [4.78, 5) is 24.4. The highest BCUT2D eigenvalue weighted by molar-refractivity contribution is 7.12. The van der Waals surface area contributed by atoms with Crippen molar-refractivity contribution >= 4 is 34.6 Å². The van der Waals surface area contributed by atoms with E-state index in [0.717, 1.165) is 30.5 Å². The zero-order valence-electron chi connectivity index (χ0n) is 13.4. The van der Waals surface area contributed by atoms with Crippen LogP contribution in [0.5, 0.6) is 0 Å². The van der Waals surface area contributed by atoms with Crippen LogP contribution in [-0.4, -0.2) is 17.5 Å². The van der Waals surface area contributed by atoms with Crippen molar-refractivity contribution in [3.8, 4) is 0 Å². The van der Waals surface area contributed by atoms with Crippen LogP contribution in [0.4, 0.5) is 5.69 Å². The van der Waals surface area contributed by atoms with Crippen LogP contribution < -0.4 is 10.7 Å². The Morgan fingerprint density at radius 2 is 1.92 bits per heavy atom. The monoisotopic (exact) mass is 341 g/mol. The van der Waals surface area contributed by atoms with Gasteiger partial charge in [-0.15, -0.1) is 11.3 Å². The summed E-state index contributed by atoms with van der Waals surface area (Å²) in [6, 6.07) is 11.0. The Morgan fingerprint density at radius 3 is 2.50 bits per heavy atom. The first-order valence-corrected chi connectivity index (χ1v) is 8.81. The van der Waals surface area contributed by atoms with Crippen molar-refractivity contribution in [3.63, 3.8) is 0 Å². The predicted octanol–water partition coefficient (Wildman–Crippen LogP) is 3.64. The molecule has 1 aliphatic rings. The number of hydrazone groups is 1. The predicted molar refractivity (Wildman–Crippen MR) is 96.4 cm³/mol. The summed E-state index contributed by atoms with van der Waals surface area (Å²) in [6.07, 6.45) is 3.11. The van der Waals surface area contributed by atoms with Crippen LogP contribution in [0.2, 0.25) is 0 Å². The molecule has 0 bridgehead atoms. The summed E-state index contributed by atoms with van der Waals surface area (Å²) >= 11 is 1.37. The molecule has 24 heavy (non-hydrogen) atoms. The number of amides is 2. The molecule has 1 aromatic carbocycles. The number of thiophene rings is 1. The minimum absolute atomic E-state index is 0.0996. The third-order valence-corrected chi connectivity index (χ3v) is 4.98. The zero-order chi connectivity index (χ0) is 16.9. The number of carbonyl (C=O) groups excluding carboxylic acids is 2. The van der Waals surface area contributed by atoms with E-state index in [9.17, 15) is 9.59 Å². The third-order valence-electron chi connectivity index (χ3n) is 4.12. The van der Waals surface area contributed by atoms with Crippen molar-refractivity contribution in [2.24, 2.45) is 11.0 Å². The van der Waals surface area contributed by atoms with E-state index in [1.54, 1.807) is 6.07 Å². The standard InChI is InChI=1S/C18H19N3O2S/c1-12(20-21-18(23)16-6-3-11-24-16)13-7-9-15(10-8-13)19-17(22)14-4-2-5-14/h3,6-11,14H,2,4-5H2,1H3,(H,19,22)(H,21,23). The molecule has 2 aromatic rings. The summed E-state index contributed by atoms with van der Waals surface area (Å²) in [6.45, 7) is 1.83. The fourth-order valence-corrected chi connectivity index (χ4v) is 2.99. The number of nitrogens with one attached hydrogen (secondary N) is 2. The second kappa shape index (κ2) is 7.40. The average Bonchev–Trinajstić information content (AvgIpc) is 3.05. The van der Waals surface area contributed by atoms with Gasteiger partial charge in [0.1, 0.15) is 0 Å². The summed E-state index contributed by atoms with van der Waals surface area (Å²) in [5, 5.41) is 8.91. The number of hydrogen-bond acceptors (Lipinski definition) is 4. The maximum Gasteiger partial charge on any atom is 0.281 e. The summed E-state index contributed by atoms with van der Waals surface area (Å²) in [7, 11) is 0. The molecule has 2 amide bonds. The number of rotatable bonds is 5. The molecule has 1 aromatic heterocycles. The quantitative estimate of drug-likeness (QED) is 0.644. The summed E-state index contributed by atoms with van der Waals surface area (Å²) in [5.41, 5.74) is 4.93. The van der Waals surface area contributed by atoms with Crippen molar-refractivity contribution in [3.05, 3.63) is 52.2 Å². The van der Waals surface area contributed by atoms with Gasteiger partial charge in [0.05, 0.1) is 10.6 Å². The Bertz CT molecular complexity index is 747. The van der Waals surface area contributed by atoms with E-state index in [1.807, 2.05) is 42.6 Å². The first kappa shape index (κ1) is 16.4. The van der Waals surface area contributed by atoms with Crippen LogP contribution in [-0.2, 0) is 4.79 Å². The molecule has 1 fully saturated rings. The van der Waals surface area contributed by atoms with E-state index < -0.39 is 0 Å². The SMILES string of the molecule is CC(=NNC(=O)c1cccs1)c1ccc(NC(=O)C2CCC2)cc1. The molecule has 1 heterocycles. The fraction of sp³-hybridized carbons (Fsp3) is 0.278. The van der Waals surface area contributed by atoms with Crippen molar-refractivity contribution in [1.29, 1.82) is 0 Å². The molecular formula is C18H19N3O2S. The number of nitrogens with zero attached hydrogens (tertiary/aromatic N) is 1. The highest BCUT2D eigenvalue weighted by Crippen LogP contribution is 2.27. The van der Waals surface area contributed by atoms with Gasteiger partial charge >= 0.3 is 0 Å². The minimum atomic E-state index is -0.214. The highest BCUT2D eigenvalue weighted by atomic mass is 32.1. The van der Waals surface area contributed by atoms with Gasteiger partial charge in [0.25, 0.3) is 5.91 Å². The molecule has 0 atom stereocenters. The molecule has 2 N–H and O–H groups in total. The van der Waals surface area contributed by atoms with Gasteiger partial charge in [-0.1, -0.05) is 24.6 Å². The van der Waals surface area contributed by atoms with Gasteiger partial charge in [-0.05, 0) is 48.9 Å². The lowest BCUT2D eigenvalue weighted by atomic mass is 9.85. The molecule has 5 nitrogen and oxygen atoms in total. The van der Waals surface area contributed by atoms with Gasteiger partial charge in [-0.25, -0.2) is 5.43 Å². The molecular weight excluding hydrogens is 322 g/mol. The molecule has 124 valence electrons. The Kier molecular flexibility index (Phi) is 5.05. The second-order valence-electron chi connectivity index (χ2n) is 5.81. The lowest BCUT2D eigenvalue weighted by Gasteiger charge is -2.24. The topological polar surface area (TPSA) is 70.6 Å². The Hall–Kier alpha value is -2.47. The van der Waals surface area contributed by atoms with E-state index in [-0.39, 0.29) is 17.7 Å². The van der Waals surface area contributed by atoms with Gasteiger partial charge < -0.3 is 5.32 Å². The van der Waals surface area contributed by atoms with Gasteiger partial charge in [0.15, 0.2) is 0 Å². The summed E-state index contributed by atoms with van der Waals surface area (Å²) in [5.74, 6) is 0.0526. The molecule has 0 unspecified atom stereocenters. The van der Waals surface area contributed by atoms with E-state index >= 15 is 0 Å². The maximum absolute atomic E-state index is 11.9. The molecule has 0 radical (unpaired) electrons. The van der Waals surface area contributed by atoms with E-state index in [1.165, 1.54) is 11.3 Å². The zero-order valence-corrected chi connectivity index (χ0v) is 14.2. The lowest BCUT2D eigenvalue weighted by molar-refractivity contribution is -0.122. The summed E-state index contributed by atoms with van der Waals surface area (Å²) < 4.78 is 0. The van der Waals surface area contributed by atoms with Crippen molar-refractivity contribution in [2.45, 2.75) is 26.2 Å². The van der Waals surface area contributed by atoms with Crippen LogP contribution in [0.15, 0.2) is 46.9 Å². The third kappa shape index (κ3) is 3.89. The molecule has 6 heteroatoms. The first-order valence-electron chi connectivity index (χ1n) is 7.93.